The van der Waals surface area contributed by atoms with Gasteiger partial charge in [-0.3, -0.25) is 0 Å². The van der Waals surface area contributed by atoms with E-state index in [0.717, 1.165) is 24.8 Å². The molecular formula is C15H19N3O. The average molecular weight is 257 g/mol. The van der Waals surface area contributed by atoms with Crippen LogP contribution in [-0.4, -0.2) is 10.1 Å². The molecule has 0 saturated carbocycles. The Bertz CT molecular complexity index is 577. The number of aryl methyl sites for hydroxylation is 2. The number of hydrogen-bond acceptors (Lipinski definition) is 4. The maximum absolute atomic E-state index is 6.00. The first-order chi connectivity index (χ1) is 9.28. The third kappa shape index (κ3) is 2.40. The highest BCUT2D eigenvalue weighted by Crippen LogP contribution is 2.27. The van der Waals surface area contributed by atoms with Crippen molar-refractivity contribution in [1.29, 1.82) is 0 Å². The number of nitrogens with two attached hydrogens (primary N) is 1. The highest BCUT2D eigenvalue weighted by molar-refractivity contribution is 5.56. The largest absolute Gasteiger partial charge is 0.334 e. The van der Waals surface area contributed by atoms with Gasteiger partial charge in [0.15, 0.2) is 5.82 Å². The minimum Gasteiger partial charge on any atom is -0.334 e. The van der Waals surface area contributed by atoms with Crippen LogP contribution in [0.5, 0.6) is 0 Å². The third-order valence-electron chi connectivity index (χ3n) is 3.72. The Morgan fingerprint density at radius 1 is 1.32 bits per heavy atom. The van der Waals surface area contributed by atoms with Crippen LogP contribution < -0.4 is 5.73 Å². The number of rotatable bonds is 4. The zero-order valence-corrected chi connectivity index (χ0v) is 11.2. The summed E-state index contributed by atoms with van der Waals surface area (Å²) < 4.78 is 5.34. The number of hydrogen-bond donors (Lipinski definition) is 1. The van der Waals surface area contributed by atoms with E-state index in [1.807, 2.05) is 0 Å². The van der Waals surface area contributed by atoms with Gasteiger partial charge in [-0.2, -0.15) is 4.98 Å². The van der Waals surface area contributed by atoms with Crippen molar-refractivity contribution in [2.75, 3.05) is 0 Å². The van der Waals surface area contributed by atoms with Gasteiger partial charge in [0.2, 0.25) is 0 Å². The summed E-state index contributed by atoms with van der Waals surface area (Å²) in [6, 6.07) is 6.28. The van der Waals surface area contributed by atoms with Crippen molar-refractivity contribution in [3.8, 4) is 11.5 Å². The molecule has 0 bridgehead atoms. The second kappa shape index (κ2) is 5.13. The van der Waals surface area contributed by atoms with Crippen LogP contribution in [0.4, 0.5) is 0 Å². The molecule has 1 aromatic carbocycles. The van der Waals surface area contributed by atoms with Crippen LogP contribution >= 0.6 is 0 Å². The standard InChI is InChI=1S/C15H19N3O/c1-2-4-13(16)14-17-15(19-18-14)12-8-7-10-5-3-6-11(10)9-12/h7-9,13H,2-6,16H2,1H3. The zero-order chi connectivity index (χ0) is 13.2. The van der Waals surface area contributed by atoms with Gasteiger partial charge in [0.25, 0.3) is 5.89 Å². The molecule has 1 aliphatic rings. The monoisotopic (exact) mass is 257 g/mol. The molecule has 0 spiro atoms. The fourth-order valence-corrected chi connectivity index (χ4v) is 2.65. The predicted molar refractivity (Wildman–Crippen MR) is 73.6 cm³/mol. The Hall–Kier alpha value is -1.68. The Kier molecular flexibility index (Phi) is 3.34. The molecule has 0 saturated heterocycles. The Labute approximate surface area is 113 Å². The van der Waals surface area contributed by atoms with Gasteiger partial charge in [0.05, 0.1) is 6.04 Å². The molecule has 3 rings (SSSR count). The molecule has 100 valence electrons. The van der Waals surface area contributed by atoms with Crippen LogP contribution in [0.2, 0.25) is 0 Å². The molecule has 1 aromatic heterocycles. The van der Waals surface area contributed by atoms with Crippen molar-refractivity contribution in [2.24, 2.45) is 5.73 Å². The van der Waals surface area contributed by atoms with Crippen LogP contribution in [0.3, 0.4) is 0 Å². The van der Waals surface area contributed by atoms with E-state index >= 15 is 0 Å². The maximum atomic E-state index is 6.00. The van der Waals surface area contributed by atoms with Gasteiger partial charge in [0, 0.05) is 5.56 Å². The van der Waals surface area contributed by atoms with Gasteiger partial charge < -0.3 is 10.3 Å². The lowest BCUT2D eigenvalue weighted by atomic mass is 10.1. The molecule has 1 atom stereocenters. The van der Waals surface area contributed by atoms with Crippen LogP contribution in [-0.2, 0) is 12.8 Å². The van der Waals surface area contributed by atoms with E-state index in [0.29, 0.717) is 11.7 Å². The van der Waals surface area contributed by atoms with Crippen molar-refractivity contribution < 1.29 is 4.52 Å². The quantitative estimate of drug-likeness (QED) is 0.914. The highest BCUT2D eigenvalue weighted by Gasteiger charge is 2.17. The molecule has 0 radical (unpaired) electrons. The molecule has 0 aliphatic heterocycles. The summed E-state index contributed by atoms with van der Waals surface area (Å²) in [5.41, 5.74) is 9.87. The topological polar surface area (TPSA) is 64.9 Å². The summed E-state index contributed by atoms with van der Waals surface area (Å²) in [5.74, 6) is 1.19. The molecule has 0 fully saturated rings. The maximum Gasteiger partial charge on any atom is 0.257 e. The van der Waals surface area contributed by atoms with Gasteiger partial charge in [-0.25, -0.2) is 0 Å². The number of benzene rings is 1. The Morgan fingerprint density at radius 2 is 2.16 bits per heavy atom. The van der Waals surface area contributed by atoms with E-state index in [2.05, 4.69) is 35.3 Å². The van der Waals surface area contributed by atoms with E-state index in [1.54, 1.807) is 0 Å². The second-order valence-electron chi connectivity index (χ2n) is 5.19. The second-order valence-corrected chi connectivity index (χ2v) is 5.19. The molecule has 19 heavy (non-hydrogen) atoms. The van der Waals surface area contributed by atoms with Crippen molar-refractivity contribution in [2.45, 2.75) is 45.1 Å². The Balaban J connectivity index is 1.86. The normalized spacial score (nSPS) is 15.5. The smallest absolute Gasteiger partial charge is 0.257 e. The van der Waals surface area contributed by atoms with Gasteiger partial charge in [-0.1, -0.05) is 24.6 Å². The van der Waals surface area contributed by atoms with Crippen LogP contribution in [0, 0.1) is 0 Å². The molecule has 0 amide bonds. The van der Waals surface area contributed by atoms with Gasteiger partial charge in [-0.15, -0.1) is 0 Å². The third-order valence-corrected chi connectivity index (χ3v) is 3.72. The number of nitrogens with zero attached hydrogens (tertiary/aromatic N) is 2. The fourth-order valence-electron chi connectivity index (χ4n) is 2.65. The number of fused-ring (bicyclic) bond motifs is 1. The van der Waals surface area contributed by atoms with Crippen molar-refractivity contribution in [1.82, 2.24) is 10.1 Å². The molecule has 1 aliphatic carbocycles. The van der Waals surface area contributed by atoms with E-state index in [1.165, 1.54) is 24.0 Å². The molecule has 2 N–H and O–H groups in total. The van der Waals surface area contributed by atoms with Crippen LogP contribution in [0.25, 0.3) is 11.5 Å². The van der Waals surface area contributed by atoms with Crippen molar-refractivity contribution >= 4 is 0 Å². The van der Waals surface area contributed by atoms with Crippen LogP contribution in [0.15, 0.2) is 22.7 Å². The van der Waals surface area contributed by atoms with Crippen LogP contribution in [0.1, 0.15) is 49.2 Å². The highest BCUT2D eigenvalue weighted by atomic mass is 16.5. The van der Waals surface area contributed by atoms with Gasteiger partial charge >= 0.3 is 0 Å². The van der Waals surface area contributed by atoms with Gasteiger partial charge in [-0.05, 0) is 48.9 Å². The first kappa shape index (κ1) is 12.4. The molecule has 2 aromatic rings. The predicted octanol–water partition coefficient (Wildman–Crippen LogP) is 3.03. The molecule has 1 unspecified atom stereocenters. The zero-order valence-electron chi connectivity index (χ0n) is 11.2. The first-order valence-electron chi connectivity index (χ1n) is 6.99. The SMILES string of the molecule is CCCC(N)c1noc(-c2ccc3c(c2)CCC3)n1. The van der Waals surface area contributed by atoms with E-state index in [4.69, 9.17) is 10.3 Å². The Morgan fingerprint density at radius 3 is 3.00 bits per heavy atom. The van der Waals surface area contributed by atoms with E-state index in [-0.39, 0.29) is 6.04 Å². The number of aromatic nitrogens is 2. The summed E-state index contributed by atoms with van der Waals surface area (Å²) in [6.07, 6.45) is 5.48. The minimum absolute atomic E-state index is 0.128. The molecule has 4 nitrogen and oxygen atoms in total. The van der Waals surface area contributed by atoms with Gasteiger partial charge in [0.1, 0.15) is 0 Å². The first-order valence-corrected chi connectivity index (χ1v) is 6.99. The lowest BCUT2D eigenvalue weighted by Gasteiger charge is -2.02. The van der Waals surface area contributed by atoms with Crippen molar-refractivity contribution in [3.05, 3.63) is 35.2 Å². The van der Waals surface area contributed by atoms with Crippen molar-refractivity contribution in [3.63, 3.8) is 0 Å². The lowest BCUT2D eigenvalue weighted by molar-refractivity contribution is 0.413. The lowest BCUT2D eigenvalue weighted by Crippen LogP contribution is -2.11. The van der Waals surface area contributed by atoms with E-state index < -0.39 is 0 Å². The summed E-state index contributed by atoms with van der Waals surface area (Å²) in [7, 11) is 0. The fraction of sp³-hybridized carbons (Fsp3) is 0.467. The molecular weight excluding hydrogens is 238 g/mol. The summed E-state index contributed by atoms with van der Waals surface area (Å²) in [6.45, 7) is 2.10. The summed E-state index contributed by atoms with van der Waals surface area (Å²) in [5, 5.41) is 3.99. The molecule has 4 heteroatoms. The van der Waals surface area contributed by atoms with E-state index in [9.17, 15) is 0 Å². The minimum atomic E-state index is -0.128. The summed E-state index contributed by atoms with van der Waals surface area (Å²) >= 11 is 0. The summed E-state index contributed by atoms with van der Waals surface area (Å²) in [4.78, 5) is 4.42. The molecule has 1 heterocycles. The average Bonchev–Trinajstić information content (AvgIpc) is 3.07.